The zero-order valence-corrected chi connectivity index (χ0v) is 11.4. The van der Waals surface area contributed by atoms with E-state index in [1.807, 2.05) is 0 Å². The van der Waals surface area contributed by atoms with Crippen LogP contribution in [0.1, 0.15) is 0 Å². The third kappa shape index (κ3) is 3.46. The second-order valence-electron chi connectivity index (χ2n) is 3.81. The first-order valence-electron chi connectivity index (χ1n) is 5.48. The van der Waals surface area contributed by atoms with E-state index in [-0.39, 0.29) is 23.7 Å². The lowest BCUT2D eigenvalue weighted by molar-refractivity contribution is 0.570. The Morgan fingerprint density at radius 2 is 2.16 bits per heavy atom. The van der Waals surface area contributed by atoms with Crippen LogP contribution in [-0.2, 0) is 16.6 Å². The first kappa shape index (κ1) is 13.9. The van der Waals surface area contributed by atoms with Crippen molar-refractivity contribution in [2.24, 2.45) is 0 Å². The van der Waals surface area contributed by atoms with Gasteiger partial charge in [-0.1, -0.05) is 17.7 Å². The zero-order chi connectivity index (χ0) is 13.9. The molecule has 102 valence electrons. The Morgan fingerprint density at radius 3 is 2.79 bits per heavy atom. The summed E-state index contributed by atoms with van der Waals surface area (Å²) in [5.74, 6) is 0. The lowest BCUT2D eigenvalue weighted by Gasteiger charge is -2.07. The summed E-state index contributed by atoms with van der Waals surface area (Å²) in [6, 6.07) is 5.98. The van der Waals surface area contributed by atoms with Crippen LogP contribution in [0.15, 0.2) is 46.3 Å². The molecule has 0 saturated heterocycles. The van der Waals surface area contributed by atoms with Crippen molar-refractivity contribution >= 4 is 21.6 Å². The molecule has 0 atom stereocenters. The van der Waals surface area contributed by atoms with Gasteiger partial charge in [0.25, 0.3) is 0 Å². The molecule has 0 spiro atoms. The van der Waals surface area contributed by atoms with Crippen molar-refractivity contribution in [2.45, 2.75) is 11.4 Å². The Bertz CT molecular complexity index is 721. The van der Waals surface area contributed by atoms with Crippen LogP contribution >= 0.6 is 11.6 Å². The average Bonchev–Trinajstić information content (AvgIpc) is 2.75. The molecule has 0 aliphatic rings. The van der Waals surface area contributed by atoms with Gasteiger partial charge in [-0.2, -0.15) is 0 Å². The van der Waals surface area contributed by atoms with E-state index in [1.165, 1.54) is 22.9 Å². The standard InChI is InChI=1S/C11H12ClN3O3S/c12-9-2-1-3-10(8-9)19(17,18)14-5-7-15-6-4-13-11(15)16/h1-4,6,8,14H,5,7H2,(H,13,16). The molecule has 19 heavy (non-hydrogen) atoms. The third-order valence-corrected chi connectivity index (χ3v) is 4.17. The number of imidazole rings is 1. The summed E-state index contributed by atoms with van der Waals surface area (Å²) in [6.45, 7) is 0.370. The summed E-state index contributed by atoms with van der Waals surface area (Å²) < 4.78 is 27.6. The maximum absolute atomic E-state index is 11.9. The van der Waals surface area contributed by atoms with Crippen molar-refractivity contribution in [1.29, 1.82) is 0 Å². The third-order valence-electron chi connectivity index (χ3n) is 2.47. The normalized spacial score (nSPS) is 11.6. The van der Waals surface area contributed by atoms with E-state index in [2.05, 4.69) is 9.71 Å². The average molecular weight is 302 g/mol. The number of hydrogen-bond donors (Lipinski definition) is 2. The van der Waals surface area contributed by atoms with Crippen LogP contribution in [0.3, 0.4) is 0 Å². The van der Waals surface area contributed by atoms with Gasteiger partial charge >= 0.3 is 5.69 Å². The molecule has 8 heteroatoms. The molecular formula is C11H12ClN3O3S. The van der Waals surface area contributed by atoms with Crippen LogP contribution in [0, 0.1) is 0 Å². The minimum Gasteiger partial charge on any atom is -0.313 e. The molecule has 6 nitrogen and oxygen atoms in total. The molecule has 1 heterocycles. The molecule has 0 saturated carbocycles. The van der Waals surface area contributed by atoms with Crippen molar-refractivity contribution in [1.82, 2.24) is 14.3 Å². The molecule has 1 aromatic carbocycles. The number of H-pyrrole nitrogens is 1. The van der Waals surface area contributed by atoms with Gasteiger partial charge in [0.1, 0.15) is 0 Å². The number of nitrogens with zero attached hydrogens (tertiary/aromatic N) is 1. The molecule has 2 rings (SSSR count). The fraction of sp³-hybridized carbons (Fsp3) is 0.182. The summed E-state index contributed by atoms with van der Waals surface area (Å²) in [4.78, 5) is 13.8. The van der Waals surface area contributed by atoms with Crippen molar-refractivity contribution in [3.63, 3.8) is 0 Å². The number of aromatic nitrogens is 2. The minimum atomic E-state index is -3.61. The van der Waals surface area contributed by atoms with Gasteiger partial charge < -0.3 is 4.98 Å². The largest absolute Gasteiger partial charge is 0.325 e. The Hall–Kier alpha value is -1.57. The molecule has 0 bridgehead atoms. The summed E-state index contributed by atoms with van der Waals surface area (Å²) in [5, 5.41) is 0.352. The van der Waals surface area contributed by atoms with Crippen LogP contribution in [0.5, 0.6) is 0 Å². The molecule has 0 fully saturated rings. The SMILES string of the molecule is O=c1[nH]ccn1CCNS(=O)(=O)c1cccc(Cl)c1. The highest BCUT2D eigenvalue weighted by atomic mass is 35.5. The van der Waals surface area contributed by atoms with Crippen molar-refractivity contribution in [3.8, 4) is 0 Å². The topological polar surface area (TPSA) is 84.0 Å². The first-order valence-corrected chi connectivity index (χ1v) is 7.34. The molecule has 1 aromatic heterocycles. The second-order valence-corrected chi connectivity index (χ2v) is 6.02. The maximum atomic E-state index is 11.9. The summed E-state index contributed by atoms with van der Waals surface area (Å²) >= 11 is 5.75. The first-order chi connectivity index (χ1) is 8.99. The molecule has 2 aromatic rings. The van der Waals surface area contributed by atoms with Crippen LogP contribution < -0.4 is 10.4 Å². The predicted octanol–water partition coefficient (Wildman–Crippen LogP) is 0.808. The fourth-order valence-electron chi connectivity index (χ4n) is 1.54. The number of benzene rings is 1. The number of rotatable bonds is 5. The summed E-state index contributed by atoms with van der Waals surface area (Å²) in [5.41, 5.74) is -0.276. The van der Waals surface area contributed by atoms with Crippen LogP contribution in [0.4, 0.5) is 0 Å². The van der Waals surface area contributed by atoms with E-state index in [0.29, 0.717) is 5.02 Å². The lowest BCUT2D eigenvalue weighted by Crippen LogP contribution is -2.29. The number of aromatic amines is 1. The molecule has 0 unspecified atom stereocenters. The Labute approximate surface area is 115 Å². The van der Waals surface area contributed by atoms with Gasteiger partial charge in [-0.3, -0.25) is 4.57 Å². The van der Waals surface area contributed by atoms with Crippen molar-refractivity contribution in [3.05, 3.63) is 52.2 Å². The van der Waals surface area contributed by atoms with Gasteiger partial charge in [0.05, 0.1) is 4.90 Å². The number of hydrogen-bond acceptors (Lipinski definition) is 3. The van der Waals surface area contributed by atoms with E-state index < -0.39 is 10.0 Å². The molecule has 0 aliphatic heterocycles. The lowest BCUT2D eigenvalue weighted by atomic mass is 10.4. The Morgan fingerprint density at radius 1 is 1.37 bits per heavy atom. The number of halogens is 1. The second kappa shape index (κ2) is 5.60. The van der Waals surface area contributed by atoms with E-state index in [9.17, 15) is 13.2 Å². The Balaban J connectivity index is 2.03. The monoisotopic (exact) mass is 301 g/mol. The number of nitrogens with one attached hydrogen (secondary N) is 2. The van der Waals surface area contributed by atoms with Crippen LogP contribution in [-0.4, -0.2) is 24.5 Å². The van der Waals surface area contributed by atoms with Gasteiger partial charge in [0.2, 0.25) is 10.0 Å². The Kier molecular flexibility index (Phi) is 4.08. The van der Waals surface area contributed by atoms with Crippen molar-refractivity contribution < 1.29 is 8.42 Å². The highest BCUT2D eigenvalue weighted by molar-refractivity contribution is 7.89. The minimum absolute atomic E-state index is 0.0985. The quantitative estimate of drug-likeness (QED) is 0.857. The van der Waals surface area contributed by atoms with Crippen LogP contribution in [0.25, 0.3) is 0 Å². The van der Waals surface area contributed by atoms with E-state index in [0.717, 1.165) is 0 Å². The van der Waals surface area contributed by atoms with E-state index in [1.54, 1.807) is 18.3 Å². The molecule has 0 amide bonds. The molecular weight excluding hydrogens is 290 g/mol. The van der Waals surface area contributed by atoms with Gasteiger partial charge in [-0.05, 0) is 18.2 Å². The smallest absolute Gasteiger partial charge is 0.313 e. The van der Waals surface area contributed by atoms with E-state index >= 15 is 0 Å². The fourth-order valence-corrected chi connectivity index (χ4v) is 2.86. The van der Waals surface area contributed by atoms with Gasteiger partial charge in [0, 0.05) is 30.5 Å². The predicted molar refractivity (Wildman–Crippen MR) is 71.7 cm³/mol. The zero-order valence-electron chi connectivity index (χ0n) is 9.84. The summed E-state index contributed by atoms with van der Waals surface area (Å²) in [6.07, 6.45) is 3.05. The van der Waals surface area contributed by atoms with Crippen molar-refractivity contribution in [2.75, 3.05) is 6.54 Å². The summed E-state index contributed by atoms with van der Waals surface area (Å²) in [7, 11) is -3.61. The highest BCUT2D eigenvalue weighted by Crippen LogP contribution is 2.14. The molecule has 0 aliphatic carbocycles. The maximum Gasteiger partial charge on any atom is 0.325 e. The van der Waals surface area contributed by atoms with E-state index in [4.69, 9.17) is 11.6 Å². The van der Waals surface area contributed by atoms with Gasteiger partial charge in [-0.25, -0.2) is 17.9 Å². The highest BCUT2D eigenvalue weighted by Gasteiger charge is 2.13. The van der Waals surface area contributed by atoms with Gasteiger partial charge in [0.15, 0.2) is 0 Å². The van der Waals surface area contributed by atoms with Gasteiger partial charge in [-0.15, -0.1) is 0 Å². The number of sulfonamides is 1. The molecule has 0 radical (unpaired) electrons. The molecule has 2 N–H and O–H groups in total. The van der Waals surface area contributed by atoms with Crippen LogP contribution in [0.2, 0.25) is 5.02 Å².